The Morgan fingerprint density at radius 1 is 1.14 bits per heavy atom. The molecule has 1 aromatic carbocycles. The number of ether oxygens (including phenoxy) is 2. The first kappa shape index (κ1) is 28.2. The van der Waals surface area contributed by atoms with E-state index in [1.165, 1.54) is 23.5 Å². The van der Waals surface area contributed by atoms with E-state index in [1.807, 2.05) is 0 Å². The lowest BCUT2D eigenvalue weighted by Crippen LogP contribution is -2.44. The molecule has 14 heteroatoms. The second kappa shape index (κ2) is 12.2. The van der Waals surface area contributed by atoms with Crippen LogP contribution in [0.15, 0.2) is 34.7 Å². The lowest BCUT2D eigenvalue weighted by atomic mass is 10.2. The van der Waals surface area contributed by atoms with E-state index >= 15 is 0 Å². The highest BCUT2D eigenvalue weighted by Gasteiger charge is 2.33. The molecule has 2 unspecified atom stereocenters. The summed E-state index contributed by atoms with van der Waals surface area (Å²) < 4.78 is 9.82. The standard InChI is InChI=1S/C23H29N5O7S2/c1-5-34-22(33)28-17(30)13-8-9-36-19(13)27-18(31)20-26-14-7-6-12(10-15(14)37-20)25-16(29)11-24-21(32)35-23(2,3)4/h6-8,10,19-20,26H,5,9,11H2,1-4H3,(H,24,32)(H,25,29)(H,27,31)(H,28,30,33). The van der Waals surface area contributed by atoms with Crippen molar-refractivity contribution in [3.8, 4) is 0 Å². The highest BCUT2D eigenvalue weighted by molar-refractivity contribution is 8.01. The molecule has 0 fully saturated rings. The number of carbonyl (C=O) groups is 5. The Bertz CT molecular complexity index is 1120. The topological polar surface area (TPSA) is 164 Å². The maximum absolute atomic E-state index is 12.9. The van der Waals surface area contributed by atoms with Gasteiger partial charge in [0.1, 0.15) is 17.5 Å². The zero-order valence-corrected chi connectivity index (χ0v) is 22.4. The summed E-state index contributed by atoms with van der Waals surface area (Å²) in [4.78, 5) is 61.5. The third kappa shape index (κ3) is 8.32. The number of benzene rings is 1. The van der Waals surface area contributed by atoms with Crippen molar-refractivity contribution >= 4 is 64.8 Å². The molecule has 0 radical (unpaired) electrons. The summed E-state index contributed by atoms with van der Waals surface area (Å²) in [7, 11) is 0. The van der Waals surface area contributed by atoms with Crippen LogP contribution in [0.25, 0.3) is 0 Å². The van der Waals surface area contributed by atoms with Crippen LogP contribution in [-0.4, -0.2) is 65.2 Å². The summed E-state index contributed by atoms with van der Waals surface area (Å²) in [5.74, 6) is -0.892. The monoisotopic (exact) mass is 551 g/mol. The summed E-state index contributed by atoms with van der Waals surface area (Å²) in [5.41, 5.74) is 0.816. The van der Waals surface area contributed by atoms with E-state index in [9.17, 15) is 24.0 Å². The zero-order chi connectivity index (χ0) is 27.2. The van der Waals surface area contributed by atoms with Crippen molar-refractivity contribution in [1.29, 1.82) is 0 Å². The van der Waals surface area contributed by atoms with E-state index in [4.69, 9.17) is 9.47 Å². The zero-order valence-electron chi connectivity index (χ0n) is 20.8. The largest absolute Gasteiger partial charge is 0.450 e. The number of fused-ring (bicyclic) bond motifs is 1. The van der Waals surface area contributed by atoms with Gasteiger partial charge >= 0.3 is 12.2 Å². The van der Waals surface area contributed by atoms with E-state index in [0.717, 1.165) is 4.90 Å². The van der Waals surface area contributed by atoms with Crippen molar-refractivity contribution in [1.82, 2.24) is 16.0 Å². The molecular weight excluding hydrogens is 522 g/mol. The van der Waals surface area contributed by atoms with Crippen molar-refractivity contribution in [3.63, 3.8) is 0 Å². The van der Waals surface area contributed by atoms with Gasteiger partial charge in [-0.1, -0.05) is 17.8 Å². The van der Waals surface area contributed by atoms with Gasteiger partial charge in [-0.15, -0.1) is 11.8 Å². The highest BCUT2D eigenvalue weighted by Crippen LogP contribution is 2.40. The van der Waals surface area contributed by atoms with Crippen LogP contribution in [-0.2, 0) is 23.9 Å². The number of thioether (sulfide) groups is 2. The first-order chi connectivity index (χ1) is 17.4. The number of anilines is 2. The molecule has 5 amide bonds. The molecule has 0 bridgehead atoms. The summed E-state index contributed by atoms with van der Waals surface area (Å²) >= 11 is 2.60. The molecule has 0 spiro atoms. The SMILES string of the molecule is CCOC(=O)NC(=O)C1=CCSC1NC(=O)C1Nc2ccc(NC(=O)CNC(=O)OC(C)(C)C)cc2S1. The fraction of sp³-hybridized carbons (Fsp3) is 0.435. The molecule has 37 heavy (non-hydrogen) atoms. The molecule has 0 aromatic heterocycles. The summed E-state index contributed by atoms with van der Waals surface area (Å²) in [5, 5.41) is 11.9. The minimum Gasteiger partial charge on any atom is -0.450 e. The van der Waals surface area contributed by atoms with Crippen molar-refractivity contribution in [2.24, 2.45) is 0 Å². The molecule has 1 aromatic rings. The van der Waals surface area contributed by atoms with Crippen LogP contribution in [0.1, 0.15) is 27.7 Å². The van der Waals surface area contributed by atoms with Crippen LogP contribution in [0, 0.1) is 0 Å². The Balaban J connectivity index is 1.51. The highest BCUT2D eigenvalue weighted by atomic mass is 32.2. The van der Waals surface area contributed by atoms with Gasteiger partial charge < -0.3 is 30.7 Å². The van der Waals surface area contributed by atoms with Crippen molar-refractivity contribution in [3.05, 3.63) is 29.8 Å². The molecule has 200 valence electrons. The second-order valence-electron chi connectivity index (χ2n) is 8.81. The number of alkyl carbamates (subject to hydrolysis) is 2. The van der Waals surface area contributed by atoms with E-state index in [1.54, 1.807) is 52.0 Å². The van der Waals surface area contributed by atoms with Gasteiger partial charge in [0.25, 0.3) is 11.8 Å². The molecule has 2 heterocycles. The first-order valence-corrected chi connectivity index (χ1v) is 13.3. The minimum absolute atomic E-state index is 0.132. The Kier molecular flexibility index (Phi) is 9.32. The van der Waals surface area contributed by atoms with Crippen LogP contribution in [0.3, 0.4) is 0 Å². The van der Waals surface area contributed by atoms with Gasteiger partial charge in [0, 0.05) is 27.6 Å². The smallest absolute Gasteiger partial charge is 0.414 e. The number of hydrogen-bond donors (Lipinski definition) is 5. The van der Waals surface area contributed by atoms with Gasteiger partial charge in [-0.3, -0.25) is 19.7 Å². The van der Waals surface area contributed by atoms with Gasteiger partial charge in [0.15, 0.2) is 5.37 Å². The maximum Gasteiger partial charge on any atom is 0.414 e. The quantitative estimate of drug-likeness (QED) is 0.340. The lowest BCUT2D eigenvalue weighted by molar-refractivity contribution is -0.120. The number of carbonyl (C=O) groups excluding carboxylic acids is 5. The maximum atomic E-state index is 12.9. The molecule has 12 nitrogen and oxygen atoms in total. The molecule has 0 saturated carbocycles. The first-order valence-electron chi connectivity index (χ1n) is 11.4. The van der Waals surface area contributed by atoms with Crippen LogP contribution in [0.4, 0.5) is 21.0 Å². The number of nitrogens with one attached hydrogen (secondary N) is 5. The van der Waals surface area contributed by atoms with Crippen molar-refractivity contribution in [2.45, 2.75) is 48.9 Å². The summed E-state index contributed by atoms with van der Waals surface area (Å²) in [6, 6.07) is 5.12. The van der Waals surface area contributed by atoms with Crippen LogP contribution in [0.2, 0.25) is 0 Å². The van der Waals surface area contributed by atoms with E-state index < -0.39 is 40.3 Å². The number of hydrogen-bond acceptors (Lipinski definition) is 10. The molecule has 2 aliphatic rings. The summed E-state index contributed by atoms with van der Waals surface area (Å²) in [6.45, 7) is 6.67. The van der Waals surface area contributed by atoms with Gasteiger partial charge in [-0.05, 0) is 45.9 Å². The number of amides is 5. The Labute approximate surface area is 222 Å². The third-order valence-corrected chi connectivity index (χ3v) is 6.93. The van der Waals surface area contributed by atoms with Gasteiger partial charge in [-0.25, -0.2) is 9.59 Å². The molecule has 3 rings (SSSR count). The number of rotatable bonds is 7. The Morgan fingerprint density at radius 2 is 1.89 bits per heavy atom. The molecule has 5 N–H and O–H groups in total. The molecule has 0 aliphatic carbocycles. The summed E-state index contributed by atoms with van der Waals surface area (Å²) in [6.07, 6.45) is 0.116. The Morgan fingerprint density at radius 3 is 2.59 bits per heavy atom. The van der Waals surface area contributed by atoms with Gasteiger partial charge in [0.2, 0.25) is 5.91 Å². The van der Waals surface area contributed by atoms with E-state index in [-0.39, 0.29) is 24.6 Å². The van der Waals surface area contributed by atoms with Crippen LogP contribution in [0.5, 0.6) is 0 Å². The van der Waals surface area contributed by atoms with Crippen molar-refractivity contribution < 1.29 is 33.4 Å². The molecule has 0 saturated heterocycles. The lowest BCUT2D eigenvalue weighted by Gasteiger charge is -2.19. The second-order valence-corrected chi connectivity index (χ2v) is 11.1. The molecule has 2 atom stereocenters. The van der Waals surface area contributed by atoms with Crippen LogP contribution >= 0.6 is 23.5 Å². The van der Waals surface area contributed by atoms with Crippen LogP contribution < -0.4 is 26.6 Å². The fourth-order valence-corrected chi connectivity index (χ4v) is 5.32. The predicted molar refractivity (Wildman–Crippen MR) is 140 cm³/mol. The van der Waals surface area contributed by atoms with E-state index in [2.05, 4.69) is 26.6 Å². The van der Waals surface area contributed by atoms with Gasteiger partial charge in [-0.2, -0.15) is 0 Å². The van der Waals surface area contributed by atoms with Crippen molar-refractivity contribution in [2.75, 3.05) is 29.5 Å². The molecular formula is C23H29N5O7S2. The normalized spacial score (nSPS) is 18.0. The minimum atomic E-state index is -0.845. The molecule has 2 aliphatic heterocycles. The van der Waals surface area contributed by atoms with Gasteiger partial charge in [0.05, 0.1) is 6.61 Å². The average Bonchev–Trinajstić information content (AvgIpc) is 3.43. The predicted octanol–water partition coefficient (Wildman–Crippen LogP) is 2.38. The fourth-order valence-electron chi connectivity index (χ4n) is 3.20. The average molecular weight is 552 g/mol. The third-order valence-electron chi connectivity index (χ3n) is 4.70. The van der Waals surface area contributed by atoms with E-state index in [0.29, 0.717) is 17.1 Å². The Hall–Kier alpha value is -3.39. The number of imide groups is 1.